The third-order valence-electron chi connectivity index (χ3n) is 3.67. The number of furan rings is 1. The second-order valence-corrected chi connectivity index (χ2v) is 6.86. The van der Waals surface area contributed by atoms with E-state index in [9.17, 15) is 4.79 Å². The van der Waals surface area contributed by atoms with Gasteiger partial charge in [-0.1, -0.05) is 46.9 Å². The summed E-state index contributed by atoms with van der Waals surface area (Å²) >= 11 is 18.0. The number of halogens is 3. The van der Waals surface area contributed by atoms with Crippen molar-refractivity contribution in [2.24, 2.45) is 0 Å². The van der Waals surface area contributed by atoms with Crippen LogP contribution in [0.1, 0.15) is 11.3 Å². The Morgan fingerprint density at radius 3 is 2.54 bits per heavy atom. The minimum atomic E-state index is -0.328. The van der Waals surface area contributed by atoms with Crippen LogP contribution in [0.4, 0.5) is 5.69 Å². The van der Waals surface area contributed by atoms with Gasteiger partial charge >= 0.3 is 0 Å². The lowest BCUT2D eigenvalue weighted by molar-refractivity contribution is -0.111. The fourth-order valence-corrected chi connectivity index (χ4v) is 2.90. The van der Waals surface area contributed by atoms with Crippen LogP contribution >= 0.6 is 34.8 Å². The topological polar surface area (TPSA) is 42.2 Å². The largest absolute Gasteiger partial charge is 0.457 e. The minimum Gasteiger partial charge on any atom is -0.457 e. The summed E-state index contributed by atoms with van der Waals surface area (Å²) in [5.41, 5.74) is 2.36. The second kappa shape index (κ2) is 8.00. The number of amides is 1. The molecular formula is C20H14Cl3NO2. The Labute approximate surface area is 166 Å². The Hall–Kier alpha value is -2.20. The molecule has 0 radical (unpaired) electrons. The molecule has 3 aromatic rings. The van der Waals surface area contributed by atoms with Crippen molar-refractivity contribution in [2.45, 2.75) is 6.92 Å². The van der Waals surface area contributed by atoms with E-state index in [1.54, 1.807) is 30.3 Å². The second-order valence-electron chi connectivity index (χ2n) is 5.61. The first-order chi connectivity index (χ1) is 12.4. The summed E-state index contributed by atoms with van der Waals surface area (Å²) in [7, 11) is 0. The molecule has 0 spiro atoms. The van der Waals surface area contributed by atoms with Crippen LogP contribution in [0.15, 0.2) is 59.0 Å². The van der Waals surface area contributed by atoms with Gasteiger partial charge in [0, 0.05) is 21.7 Å². The van der Waals surface area contributed by atoms with Crippen molar-refractivity contribution in [1.82, 2.24) is 0 Å². The number of carbonyl (C=O) groups is 1. The van der Waals surface area contributed by atoms with Gasteiger partial charge in [-0.15, -0.1) is 0 Å². The predicted molar refractivity (Wildman–Crippen MR) is 108 cm³/mol. The quantitative estimate of drug-likeness (QED) is 0.480. The molecule has 0 aliphatic heterocycles. The number of rotatable bonds is 4. The van der Waals surface area contributed by atoms with Gasteiger partial charge in [0.05, 0.1) is 10.7 Å². The summed E-state index contributed by atoms with van der Waals surface area (Å²) in [5.74, 6) is 0.896. The van der Waals surface area contributed by atoms with Crippen molar-refractivity contribution in [1.29, 1.82) is 0 Å². The number of nitrogens with one attached hydrogen (secondary N) is 1. The van der Waals surface area contributed by atoms with Crippen LogP contribution < -0.4 is 5.32 Å². The van der Waals surface area contributed by atoms with E-state index >= 15 is 0 Å². The van der Waals surface area contributed by atoms with Gasteiger partial charge in [-0.25, -0.2) is 0 Å². The molecule has 3 nitrogen and oxygen atoms in total. The number of carbonyl (C=O) groups excluding carboxylic acids is 1. The Morgan fingerprint density at radius 1 is 1.00 bits per heavy atom. The fourth-order valence-electron chi connectivity index (χ4n) is 2.27. The highest BCUT2D eigenvalue weighted by Gasteiger charge is 2.07. The van der Waals surface area contributed by atoms with Gasteiger partial charge < -0.3 is 9.73 Å². The van der Waals surface area contributed by atoms with Gasteiger partial charge in [-0.3, -0.25) is 4.79 Å². The highest BCUT2D eigenvalue weighted by atomic mass is 35.5. The number of benzene rings is 2. The molecule has 0 atom stereocenters. The van der Waals surface area contributed by atoms with Crippen molar-refractivity contribution in [3.05, 3.63) is 81.0 Å². The smallest absolute Gasteiger partial charge is 0.248 e. The lowest BCUT2D eigenvalue weighted by atomic mass is 10.1. The molecule has 1 N–H and O–H groups in total. The molecule has 132 valence electrons. The molecule has 0 bridgehead atoms. The molecule has 0 aliphatic rings. The Kier molecular flexibility index (Phi) is 5.72. The normalized spacial score (nSPS) is 11.1. The van der Waals surface area contributed by atoms with E-state index in [1.165, 1.54) is 6.08 Å². The SMILES string of the molecule is Cc1ccc(-c2ccc(/C=C/C(=O)Nc3ccc(Cl)cc3Cl)o2)cc1Cl. The van der Waals surface area contributed by atoms with Crippen molar-refractivity contribution >= 4 is 52.5 Å². The summed E-state index contributed by atoms with van der Waals surface area (Å²) in [4.78, 5) is 12.0. The first kappa shape index (κ1) is 18.6. The standard InChI is InChI=1S/C20H14Cl3NO2/c1-12-2-3-13(10-16(12)22)19-8-5-15(26-19)6-9-20(25)24-18-7-4-14(21)11-17(18)23/h2-11H,1H3,(H,24,25)/b9-6+. The minimum absolute atomic E-state index is 0.328. The van der Waals surface area contributed by atoms with Crippen LogP contribution in [-0.4, -0.2) is 5.91 Å². The molecule has 1 aromatic heterocycles. The van der Waals surface area contributed by atoms with Crippen molar-refractivity contribution < 1.29 is 9.21 Å². The van der Waals surface area contributed by atoms with E-state index in [4.69, 9.17) is 39.2 Å². The maximum absolute atomic E-state index is 12.0. The summed E-state index contributed by atoms with van der Waals surface area (Å²) in [6.07, 6.45) is 2.95. The number of aryl methyl sites for hydroxylation is 1. The molecule has 2 aromatic carbocycles. The molecule has 1 heterocycles. The van der Waals surface area contributed by atoms with Crippen molar-refractivity contribution in [3.8, 4) is 11.3 Å². The summed E-state index contributed by atoms with van der Waals surface area (Å²) < 4.78 is 5.74. The van der Waals surface area contributed by atoms with Gasteiger partial charge in [0.15, 0.2) is 0 Å². The van der Waals surface area contributed by atoms with Crippen LogP contribution in [0.25, 0.3) is 17.4 Å². The van der Waals surface area contributed by atoms with Crippen LogP contribution in [0, 0.1) is 6.92 Å². The van der Waals surface area contributed by atoms with Crippen LogP contribution in [0.2, 0.25) is 15.1 Å². The molecule has 26 heavy (non-hydrogen) atoms. The molecular weight excluding hydrogens is 393 g/mol. The van der Waals surface area contributed by atoms with Crippen molar-refractivity contribution in [3.63, 3.8) is 0 Å². The lowest BCUT2D eigenvalue weighted by Gasteiger charge is -2.04. The highest BCUT2D eigenvalue weighted by Crippen LogP contribution is 2.28. The Bertz CT molecular complexity index is 992. The van der Waals surface area contributed by atoms with Gasteiger partial charge in [-0.2, -0.15) is 0 Å². The third-order valence-corrected chi connectivity index (χ3v) is 4.63. The van der Waals surface area contributed by atoms with E-state index in [0.29, 0.717) is 32.3 Å². The van der Waals surface area contributed by atoms with E-state index in [-0.39, 0.29) is 5.91 Å². The molecule has 3 rings (SSSR count). The van der Waals surface area contributed by atoms with Crippen LogP contribution in [0.5, 0.6) is 0 Å². The Morgan fingerprint density at radius 2 is 1.81 bits per heavy atom. The average molecular weight is 407 g/mol. The zero-order valence-electron chi connectivity index (χ0n) is 13.7. The molecule has 0 fully saturated rings. The van der Waals surface area contributed by atoms with E-state index < -0.39 is 0 Å². The maximum Gasteiger partial charge on any atom is 0.248 e. The van der Waals surface area contributed by atoms with Gasteiger partial charge in [0.25, 0.3) is 0 Å². The molecule has 0 aliphatic carbocycles. The predicted octanol–water partition coefficient (Wildman–Crippen LogP) is 6.87. The van der Waals surface area contributed by atoms with Gasteiger partial charge in [-0.05, 0) is 55.0 Å². The van der Waals surface area contributed by atoms with Crippen molar-refractivity contribution in [2.75, 3.05) is 5.32 Å². The number of hydrogen-bond acceptors (Lipinski definition) is 2. The van der Waals surface area contributed by atoms with Gasteiger partial charge in [0.2, 0.25) is 5.91 Å². The maximum atomic E-state index is 12.0. The average Bonchev–Trinajstić information content (AvgIpc) is 3.07. The summed E-state index contributed by atoms with van der Waals surface area (Å²) in [6.45, 7) is 1.94. The summed E-state index contributed by atoms with van der Waals surface area (Å²) in [6, 6.07) is 14.2. The molecule has 0 unspecified atom stereocenters. The zero-order valence-corrected chi connectivity index (χ0v) is 16.0. The van der Waals surface area contributed by atoms with Crippen LogP contribution in [-0.2, 0) is 4.79 Å². The molecule has 6 heteroatoms. The zero-order chi connectivity index (χ0) is 18.7. The van der Waals surface area contributed by atoms with E-state index in [0.717, 1.165) is 11.1 Å². The number of anilines is 1. The molecule has 0 saturated heterocycles. The number of hydrogen-bond donors (Lipinski definition) is 1. The van der Waals surface area contributed by atoms with E-state index in [1.807, 2.05) is 31.2 Å². The molecule has 0 saturated carbocycles. The Balaban J connectivity index is 1.69. The van der Waals surface area contributed by atoms with Crippen LogP contribution in [0.3, 0.4) is 0 Å². The lowest BCUT2D eigenvalue weighted by Crippen LogP contribution is -2.07. The molecule has 1 amide bonds. The fraction of sp³-hybridized carbons (Fsp3) is 0.0500. The summed E-state index contributed by atoms with van der Waals surface area (Å²) in [5, 5.41) is 4.23. The highest BCUT2D eigenvalue weighted by molar-refractivity contribution is 6.36. The van der Waals surface area contributed by atoms with Gasteiger partial charge in [0.1, 0.15) is 11.5 Å². The first-order valence-electron chi connectivity index (χ1n) is 7.73. The third kappa shape index (κ3) is 4.50. The first-order valence-corrected chi connectivity index (χ1v) is 8.86. The van der Waals surface area contributed by atoms with E-state index in [2.05, 4.69) is 5.32 Å². The monoisotopic (exact) mass is 405 g/mol.